The lowest BCUT2D eigenvalue weighted by molar-refractivity contribution is 0.349. The minimum absolute atomic E-state index is 0.214. The van der Waals surface area contributed by atoms with Gasteiger partial charge in [-0.3, -0.25) is 0 Å². The smallest absolute Gasteiger partial charge is 0.0228 e. The molecule has 1 atom stereocenters. The van der Waals surface area contributed by atoms with E-state index in [2.05, 4.69) is 77.1 Å². The molecule has 0 unspecified atom stereocenters. The Morgan fingerprint density at radius 2 is 1.30 bits per heavy atom. The van der Waals surface area contributed by atoms with E-state index < -0.39 is 0 Å². The van der Waals surface area contributed by atoms with Crippen molar-refractivity contribution in [2.75, 3.05) is 0 Å². The summed E-state index contributed by atoms with van der Waals surface area (Å²) in [4.78, 5) is 0. The first-order valence-electron chi connectivity index (χ1n) is 9.05. The molecule has 0 N–H and O–H groups in total. The van der Waals surface area contributed by atoms with Crippen molar-refractivity contribution >= 4 is 0 Å². The molecule has 1 spiro atoms. The Bertz CT molecular complexity index is 774. The highest BCUT2D eigenvalue weighted by atomic mass is 14.6. The van der Waals surface area contributed by atoms with Gasteiger partial charge in [0.15, 0.2) is 0 Å². The highest BCUT2D eigenvalue weighted by molar-refractivity contribution is 5.61. The minimum atomic E-state index is 0.214. The van der Waals surface area contributed by atoms with E-state index in [0.29, 0.717) is 0 Å². The lowest BCUT2D eigenvalue weighted by atomic mass is 9.71. The fourth-order valence-corrected chi connectivity index (χ4v) is 5.78. The summed E-state index contributed by atoms with van der Waals surface area (Å²) in [6, 6.07) is 16.2. The second-order valence-corrected chi connectivity index (χ2v) is 8.94. The molecule has 0 bridgehead atoms. The van der Waals surface area contributed by atoms with Crippen molar-refractivity contribution in [3.05, 3.63) is 70.3 Å². The first-order chi connectivity index (χ1) is 10.8. The van der Waals surface area contributed by atoms with Crippen LogP contribution in [0.1, 0.15) is 75.3 Å². The van der Waals surface area contributed by atoms with Crippen molar-refractivity contribution in [2.24, 2.45) is 0 Å². The molecule has 2 aliphatic rings. The van der Waals surface area contributed by atoms with Crippen LogP contribution < -0.4 is 0 Å². The van der Waals surface area contributed by atoms with Crippen LogP contribution in [0.5, 0.6) is 0 Å². The van der Waals surface area contributed by atoms with E-state index in [-0.39, 0.29) is 16.2 Å². The van der Waals surface area contributed by atoms with Crippen LogP contribution in [-0.2, 0) is 22.7 Å². The monoisotopic (exact) mass is 304 g/mol. The zero-order chi connectivity index (χ0) is 16.5. The highest BCUT2D eigenvalue weighted by Gasteiger charge is 2.56. The Hall–Kier alpha value is -1.56. The number of benzene rings is 2. The third-order valence-electron chi connectivity index (χ3n) is 6.40. The molecule has 0 fully saturated rings. The molecule has 0 saturated heterocycles. The summed E-state index contributed by atoms with van der Waals surface area (Å²) >= 11 is 0. The summed E-state index contributed by atoms with van der Waals surface area (Å²) in [5.74, 6) is 0. The van der Waals surface area contributed by atoms with Gasteiger partial charge >= 0.3 is 0 Å². The van der Waals surface area contributed by atoms with Gasteiger partial charge in [-0.15, -0.1) is 0 Å². The molecular formula is C23H28. The Morgan fingerprint density at radius 1 is 0.739 bits per heavy atom. The van der Waals surface area contributed by atoms with Gasteiger partial charge in [0.25, 0.3) is 0 Å². The van der Waals surface area contributed by atoms with E-state index in [1.807, 2.05) is 0 Å². The summed E-state index contributed by atoms with van der Waals surface area (Å²) in [6.45, 7) is 12.0. The van der Waals surface area contributed by atoms with Crippen LogP contribution in [0.15, 0.2) is 42.5 Å². The second-order valence-electron chi connectivity index (χ2n) is 8.94. The topological polar surface area (TPSA) is 0 Å². The van der Waals surface area contributed by atoms with Gasteiger partial charge in [0.1, 0.15) is 0 Å². The molecule has 2 aliphatic carbocycles. The standard InChI is InChI=1S/C23H28/c1-6-16-10-9-13-19-20(16)23(15-22(19,4)5)14-21(2,3)17-11-7-8-12-18(17)23/h7-13H,6,14-15H2,1-5H3/t23-/m0/s1. The summed E-state index contributed by atoms with van der Waals surface area (Å²) < 4.78 is 0. The fourth-order valence-electron chi connectivity index (χ4n) is 5.78. The van der Waals surface area contributed by atoms with Crippen molar-refractivity contribution < 1.29 is 0 Å². The van der Waals surface area contributed by atoms with E-state index in [4.69, 9.17) is 0 Å². The SMILES string of the molecule is CCc1cccc2c1[C@@]1(CC(C)(C)c3ccccc31)CC2(C)C. The molecule has 0 aliphatic heterocycles. The van der Waals surface area contributed by atoms with Gasteiger partial charge in [-0.1, -0.05) is 77.1 Å². The van der Waals surface area contributed by atoms with Gasteiger partial charge in [-0.25, -0.2) is 0 Å². The molecule has 0 amide bonds. The summed E-state index contributed by atoms with van der Waals surface area (Å²) in [5, 5.41) is 0. The number of fused-ring (bicyclic) bond motifs is 4. The van der Waals surface area contributed by atoms with E-state index in [1.165, 1.54) is 12.8 Å². The third kappa shape index (κ3) is 1.84. The normalized spacial score (nSPS) is 26.3. The van der Waals surface area contributed by atoms with Crippen molar-refractivity contribution in [1.29, 1.82) is 0 Å². The molecule has 4 rings (SSSR count). The molecule has 0 radical (unpaired) electrons. The van der Waals surface area contributed by atoms with Crippen molar-refractivity contribution in [2.45, 2.75) is 70.1 Å². The van der Waals surface area contributed by atoms with Gasteiger partial charge in [0.2, 0.25) is 0 Å². The molecule has 120 valence electrons. The molecule has 0 nitrogen and oxygen atoms in total. The zero-order valence-corrected chi connectivity index (χ0v) is 15.2. The fraction of sp³-hybridized carbons (Fsp3) is 0.478. The highest BCUT2D eigenvalue weighted by Crippen LogP contribution is 2.63. The lowest BCUT2D eigenvalue weighted by Gasteiger charge is -2.31. The van der Waals surface area contributed by atoms with Crippen LogP contribution in [0.25, 0.3) is 0 Å². The quantitative estimate of drug-likeness (QED) is 0.615. The molecule has 2 aromatic rings. The van der Waals surface area contributed by atoms with Crippen LogP contribution in [0.3, 0.4) is 0 Å². The number of rotatable bonds is 1. The third-order valence-corrected chi connectivity index (χ3v) is 6.40. The van der Waals surface area contributed by atoms with Crippen LogP contribution in [0.2, 0.25) is 0 Å². The predicted octanol–water partition coefficient (Wildman–Crippen LogP) is 5.90. The van der Waals surface area contributed by atoms with Gasteiger partial charge in [0.05, 0.1) is 0 Å². The van der Waals surface area contributed by atoms with Crippen molar-refractivity contribution in [3.63, 3.8) is 0 Å². The first-order valence-corrected chi connectivity index (χ1v) is 9.05. The average Bonchev–Trinajstić information content (AvgIpc) is 2.88. The maximum Gasteiger partial charge on any atom is 0.0228 e. The van der Waals surface area contributed by atoms with Crippen LogP contribution >= 0.6 is 0 Å². The lowest BCUT2D eigenvalue weighted by Crippen LogP contribution is -2.27. The minimum Gasteiger partial charge on any atom is -0.0620 e. The predicted molar refractivity (Wildman–Crippen MR) is 98.3 cm³/mol. The molecule has 0 heteroatoms. The van der Waals surface area contributed by atoms with Gasteiger partial charge in [0, 0.05) is 5.41 Å². The Morgan fingerprint density at radius 3 is 1.96 bits per heavy atom. The molecule has 0 saturated carbocycles. The number of hydrogen-bond donors (Lipinski definition) is 0. The van der Waals surface area contributed by atoms with Crippen LogP contribution in [0, 0.1) is 0 Å². The Labute approximate surface area is 140 Å². The van der Waals surface area contributed by atoms with Gasteiger partial charge in [-0.05, 0) is 57.9 Å². The maximum atomic E-state index is 2.44. The maximum absolute atomic E-state index is 2.44. The first kappa shape index (κ1) is 15.0. The van der Waals surface area contributed by atoms with Crippen LogP contribution in [0.4, 0.5) is 0 Å². The van der Waals surface area contributed by atoms with Gasteiger partial charge in [-0.2, -0.15) is 0 Å². The largest absolute Gasteiger partial charge is 0.0620 e. The number of aryl methyl sites for hydroxylation is 1. The van der Waals surface area contributed by atoms with E-state index >= 15 is 0 Å². The summed E-state index contributed by atoms with van der Waals surface area (Å²) in [7, 11) is 0. The molecule has 23 heavy (non-hydrogen) atoms. The Balaban J connectivity index is 2.07. The Kier molecular flexibility index (Phi) is 2.93. The van der Waals surface area contributed by atoms with E-state index in [0.717, 1.165) is 6.42 Å². The average molecular weight is 304 g/mol. The number of hydrogen-bond acceptors (Lipinski definition) is 0. The van der Waals surface area contributed by atoms with Crippen LogP contribution in [-0.4, -0.2) is 0 Å². The summed E-state index contributed by atoms with van der Waals surface area (Å²) in [5.41, 5.74) is 8.69. The molecule has 2 aromatic carbocycles. The summed E-state index contributed by atoms with van der Waals surface area (Å²) in [6.07, 6.45) is 3.61. The molecule has 0 aromatic heterocycles. The molecular weight excluding hydrogens is 276 g/mol. The van der Waals surface area contributed by atoms with Gasteiger partial charge < -0.3 is 0 Å². The molecule has 0 heterocycles. The second kappa shape index (κ2) is 4.50. The zero-order valence-electron chi connectivity index (χ0n) is 15.2. The van der Waals surface area contributed by atoms with E-state index in [1.54, 1.807) is 27.8 Å². The van der Waals surface area contributed by atoms with E-state index in [9.17, 15) is 0 Å². The van der Waals surface area contributed by atoms with Crippen molar-refractivity contribution in [1.82, 2.24) is 0 Å². The van der Waals surface area contributed by atoms with Crippen molar-refractivity contribution in [3.8, 4) is 0 Å².